The Bertz CT molecular complexity index is 1970. The maximum atomic E-state index is 11.9. The van der Waals surface area contributed by atoms with Gasteiger partial charge >= 0.3 is 0 Å². The molecule has 0 aromatic carbocycles. The van der Waals surface area contributed by atoms with Crippen molar-refractivity contribution < 1.29 is 189 Å². The zero-order chi connectivity index (χ0) is 60.6. The van der Waals surface area contributed by atoms with Crippen LogP contribution in [0.15, 0.2) is 0 Å². The Morgan fingerprint density at radius 2 is 0.566 bits per heavy atom. The second-order valence-electron chi connectivity index (χ2n) is 21.2. The van der Waals surface area contributed by atoms with Crippen molar-refractivity contribution in [3.05, 3.63) is 0 Å². The molecule has 484 valence electrons. The SMILES string of the molecule is OCC1OC(OC2C(OCC3OC(OC4C(CO)OC(O)C(O)C4O)C(O)C(O)C3OC3OC(COC4OCC(O)C(O)C4O)C(OC4OC(COC5OCC(O)C(O)C5O)C(O)C(O)C4O)C(O)C3O)OCC(O)C2O)C(O)C(O)C1O. The summed E-state index contributed by atoms with van der Waals surface area (Å²) in [6, 6.07) is 0. The number of aliphatic hydroxyl groups excluding tert-OH is 23. The second-order valence-corrected chi connectivity index (χ2v) is 21.2. The normalized spacial score (nSPS) is 53.9. The van der Waals surface area contributed by atoms with Crippen molar-refractivity contribution in [1.29, 1.82) is 0 Å². The van der Waals surface area contributed by atoms with E-state index < -0.39 is 280 Å². The Labute approximate surface area is 468 Å². The van der Waals surface area contributed by atoms with Crippen molar-refractivity contribution in [1.82, 2.24) is 0 Å². The van der Waals surface area contributed by atoms with Gasteiger partial charge in [0.25, 0.3) is 0 Å². The maximum absolute atomic E-state index is 11.9. The summed E-state index contributed by atoms with van der Waals surface area (Å²) in [4.78, 5) is 0. The Kier molecular flexibility index (Phi) is 23.5. The van der Waals surface area contributed by atoms with Crippen LogP contribution in [0, 0.1) is 0 Å². The molecule has 0 aromatic heterocycles. The summed E-state index contributed by atoms with van der Waals surface area (Å²) in [5.74, 6) is 0. The number of aliphatic hydroxyl groups is 23. The van der Waals surface area contributed by atoms with Crippen LogP contribution in [-0.4, -0.2) is 398 Å². The van der Waals surface area contributed by atoms with Crippen molar-refractivity contribution in [2.24, 2.45) is 0 Å². The molecule has 8 rings (SSSR count). The largest absolute Gasteiger partial charge is 0.394 e. The molecule has 0 aliphatic carbocycles. The monoisotopic (exact) mass is 1220 g/mol. The van der Waals surface area contributed by atoms with E-state index in [-0.39, 0.29) is 0 Å². The molecule has 0 saturated carbocycles. The van der Waals surface area contributed by atoms with Gasteiger partial charge in [0.05, 0.1) is 52.9 Å². The molecule has 8 aliphatic heterocycles. The molecule has 83 heavy (non-hydrogen) atoms. The molecule has 8 heterocycles. The van der Waals surface area contributed by atoms with Gasteiger partial charge in [-0.2, -0.15) is 0 Å². The molecular formula is C45H76O38. The van der Waals surface area contributed by atoms with Crippen molar-refractivity contribution in [2.45, 2.75) is 227 Å². The highest BCUT2D eigenvalue weighted by Gasteiger charge is 2.57. The molecule has 8 fully saturated rings. The number of hydrogen-bond donors (Lipinski definition) is 23. The Morgan fingerprint density at radius 3 is 1.01 bits per heavy atom. The summed E-state index contributed by atoms with van der Waals surface area (Å²) < 4.78 is 84.8. The quantitative estimate of drug-likeness (QED) is 0.0571. The molecule has 38 heteroatoms. The average molecular weight is 1230 g/mol. The molecule has 38 nitrogen and oxygen atoms in total. The number of ether oxygens (including phenoxy) is 15. The third-order valence-corrected chi connectivity index (χ3v) is 15.4. The Morgan fingerprint density at radius 1 is 0.253 bits per heavy atom. The van der Waals surface area contributed by atoms with Crippen LogP contribution in [0.1, 0.15) is 0 Å². The predicted molar refractivity (Wildman–Crippen MR) is 246 cm³/mol. The molecule has 0 aromatic rings. The Balaban J connectivity index is 1.05. The van der Waals surface area contributed by atoms with Gasteiger partial charge in [-0.05, 0) is 0 Å². The average Bonchev–Trinajstić information content (AvgIpc) is 3.62. The van der Waals surface area contributed by atoms with Crippen LogP contribution in [0.4, 0.5) is 0 Å². The first-order valence-electron chi connectivity index (χ1n) is 26.4. The van der Waals surface area contributed by atoms with Crippen LogP contribution in [-0.2, 0) is 71.1 Å². The predicted octanol–water partition coefficient (Wildman–Crippen LogP) is -16.5. The summed E-state index contributed by atoms with van der Waals surface area (Å²) in [7, 11) is 0. The van der Waals surface area contributed by atoms with Crippen molar-refractivity contribution in [3.8, 4) is 0 Å². The molecule has 8 saturated heterocycles. The van der Waals surface area contributed by atoms with Gasteiger partial charge < -0.3 is 189 Å². The van der Waals surface area contributed by atoms with Gasteiger partial charge in [-0.3, -0.25) is 0 Å². The van der Waals surface area contributed by atoms with Crippen LogP contribution in [0.25, 0.3) is 0 Å². The molecule has 8 aliphatic rings. The molecular weight excluding hydrogens is 1150 g/mol. The number of hydrogen-bond acceptors (Lipinski definition) is 38. The smallest absolute Gasteiger partial charge is 0.187 e. The summed E-state index contributed by atoms with van der Waals surface area (Å²) >= 11 is 0. The highest BCUT2D eigenvalue weighted by molar-refractivity contribution is 5.00. The van der Waals surface area contributed by atoms with Crippen LogP contribution < -0.4 is 0 Å². The van der Waals surface area contributed by atoms with Crippen molar-refractivity contribution >= 4 is 0 Å². The highest BCUT2D eigenvalue weighted by Crippen LogP contribution is 2.37. The van der Waals surface area contributed by atoms with E-state index in [1.807, 2.05) is 0 Å². The van der Waals surface area contributed by atoms with Crippen molar-refractivity contribution in [3.63, 3.8) is 0 Å². The van der Waals surface area contributed by atoms with Crippen LogP contribution in [0.3, 0.4) is 0 Å². The van der Waals surface area contributed by atoms with Gasteiger partial charge in [0.2, 0.25) is 0 Å². The van der Waals surface area contributed by atoms with Gasteiger partial charge in [-0.15, -0.1) is 0 Å². The molecule has 0 spiro atoms. The van der Waals surface area contributed by atoms with Crippen LogP contribution in [0.5, 0.6) is 0 Å². The number of rotatable bonds is 19. The van der Waals surface area contributed by atoms with E-state index in [1.54, 1.807) is 0 Å². The molecule has 37 atom stereocenters. The zero-order valence-electron chi connectivity index (χ0n) is 43.4. The van der Waals surface area contributed by atoms with Gasteiger partial charge in [0, 0.05) is 0 Å². The summed E-state index contributed by atoms with van der Waals surface area (Å²) in [5.41, 5.74) is 0. The third-order valence-electron chi connectivity index (χ3n) is 15.4. The third kappa shape index (κ3) is 14.6. The van der Waals surface area contributed by atoms with Crippen molar-refractivity contribution in [2.75, 3.05) is 52.9 Å². The lowest BCUT2D eigenvalue weighted by Gasteiger charge is -2.49. The minimum atomic E-state index is -2.38. The maximum Gasteiger partial charge on any atom is 0.187 e. The van der Waals surface area contributed by atoms with E-state index in [2.05, 4.69) is 0 Å². The molecule has 0 radical (unpaired) electrons. The van der Waals surface area contributed by atoms with Gasteiger partial charge in [0.1, 0.15) is 177 Å². The summed E-state index contributed by atoms with van der Waals surface area (Å²) in [5, 5.41) is 246. The van der Waals surface area contributed by atoms with Gasteiger partial charge in [-0.25, -0.2) is 0 Å². The van der Waals surface area contributed by atoms with E-state index in [4.69, 9.17) is 71.1 Å². The lowest BCUT2D eigenvalue weighted by atomic mass is 9.95. The fraction of sp³-hybridized carbons (Fsp3) is 1.00. The van der Waals surface area contributed by atoms with Crippen LogP contribution in [0.2, 0.25) is 0 Å². The van der Waals surface area contributed by atoms with E-state index in [1.165, 1.54) is 0 Å². The van der Waals surface area contributed by atoms with E-state index >= 15 is 0 Å². The van der Waals surface area contributed by atoms with Crippen LogP contribution >= 0.6 is 0 Å². The summed E-state index contributed by atoms with van der Waals surface area (Å²) in [6.07, 6.45) is -72.2. The second kappa shape index (κ2) is 29.0. The first-order valence-corrected chi connectivity index (χ1v) is 26.4. The fourth-order valence-corrected chi connectivity index (χ4v) is 10.3. The molecule has 0 bridgehead atoms. The fourth-order valence-electron chi connectivity index (χ4n) is 10.3. The summed E-state index contributed by atoms with van der Waals surface area (Å²) in [6.45, 7) is -6.35. The van der Waals surface area contributed by atoms with Gasteiger partial charge in [-0.1, -0.05) is 0 Å². The first kappa shape index (κ1) is 67.4. The molecule has 37 unspecified atom stereocenters. The minimum Gasteiger partial charge on any atom is -0.394 e. The van der Waals surface area contributed by atoms with Gasteiger partial charge in [0.15, 0.2) is 50.3 Å². The van der Waals surface area contributed by atoms with E-state index in [0.717, 1.165) is 0 Å². The Hall–Kier alpha value is -1.52. The standard InChI is InChI=1S/C45H76O38/c46-1-12-20(54)22(56)30(64)41(76-12)83-37-19(53)11(50)5-71-45(37)74-8-16-36(25(59)32(66)43(79-16)80-34-13(2-47)75-38(68)27(61)24(34)58)82-44-33(67)26(60)35(15(78-44)7-73-40-29(63)18(52)10(49)4-70-40)81-42-31(65)23(57)21(55)14(77-42)6-72-39-28(62)17(51)9(48)3-69-39/h9-68H,1-8H2. The molecule has 0 amide bonds. The van der Waals surface area contributed by atoms with E-state index in [9.17, 15) is 117 Å². The lowest BCUT2D eigenvalue weighted by molar-refractivity contribution is -0.395. The first-order chi connectivity index (χ1) is 39.3. The van der Waals surface area contributed by atoms with E-state index in [0.29, 0.717) is 0 Å². The highest BCUT2D eigenvalue weighted by atomic mass is 16.8. The zero-order valence-corrected chi connectivity index (χ0v) is 43.4. The minimum absolute atomic E-state index is 0.496. The lowest BCUT2D eigenvalue weighted by Crippen LogP contribution is -2.68. The topological polar surface area (TPSA) is 604 Å². The molecule has 23 N–H and O–H groups in total.